The molecule has 2 rings (SSSR count). The summed E-state index contributed by atoms with van der Waals surface area (Å²) in [4.78, 5) is 3.07. The van der Waals surface area contributed by atoms with Crippen molar-refractivity contribution in [3.63, 3.8) is 0 Å². The molecular weight excluding hydrogens is 318 g/mol. The van der Waals surface area contributed by atoms with Gasteiger partial charge in [0.25, 0.3) is 0 Å². The van der Waals surface area contributed by atoms with Gasteiger partial charge in [-0.15, -0.1) is 11.3 Å². The molecule has 1 aromatic carbocycles. The van der Waals surface area contributed by atoms with Crippen LogP contribution >= 0.6 is 11.3 Å². The average Bonchev–Trinajstić information content (AvgIpc) is 2.71. The maximum Gasteiger partial charge on any atom is 0.434 e. The molecular formula is C12H8F6N2S. The third-order valence-electron chi connectivity index (χ3n) is 2.52. The Balaban J connectivity index is 2.61. The standard InChI is InChI=1S/C12H8F6N2S/c1-19-4-8-10(12(16,17)18)20-11(21-8)9-6(14)2-5(13)3-7(9)15/h2-3,19H,4H2,1H3. The number of nitrogens with zero attached hydrogens (tertiary/aromatic N) is 1. The summed E-state index contributed by atoms with van der Waals surface area (Å²) in [7, 11) is 1.43. The molecule has 1 N–H and O–H groups in total. The number of aromatic nitrogens is 1. The minimum absolute atomic E-state index is 0.156. The van der Waals surface area contributed by atoms with Gasteiger partial charge in [-0.3, -0.25) is 0 Å². The first-order valence-corrected chi connectivity index (χ1v) is 6.42. The van der Waals surface area contributed by atoms with Gasteiger partial charge in [-0.2, -0.15) is 13.2 Å². The molecule has 0 saturated heterocycles. The molecule has 0 aliphatic carbocycles. The summed E-state index contributed by atoms with van der Waals surface area (Å²) in [5.74, 6) is -3.76. The molecule has 0 aliphatic rings. The van der Waals surface area contributed by atoms with E-state index in [9.17, 15) is 26.3 Å². The van der Waals surface area contributed by atoms with Crippen LogP contribution in [0.2, 0.25) is 0 Å². The summed E-state index contributed by atoms with van der Waals surface area (Å²) in [6.07, 6.45) is -4.74. The molecule has 1 aromatic heterocycles. The van der Waals surface area contributed by atoms with E-state index in [1.807, 2.05) is 0 Å². The molecule has 114 valence electrons. The van der Waals surface area contributed by atoms with E-state index in [-0.39, 0.29) is 11.4 Å². The first-order valence-electron chi connectivity index (χ1n) is 5.60. The highest BCUT2D eigenvalue weighted by Gasteiger charge is 2.38. The predicted molar refractivity (Wildman–Crippen MR) is 65.2 cm³/mol. The summed E-state index contributed by atoms with van der Waals surface area (Å²) in [6, 6.07) is 0.787. The van der Waals surface area contributed by atoms with E-state index in [0.717, 1.165) is 0 Å². The highest BCUT2D eigenvalue weighted by Crippen LogP contribution is 2.39. The summed E-state index contributed by atoms with van der Waals surface area (Å²) in [6.45, 7) is -0.156. The van der Waals surface area contributed by atoms with Gasteiger partial charge in [0.1, 0.15) is 22.5 Å². The van der Waals surface area contributed by atoms with Gasteiger partial charge in [0.2, 0.25) is 0 Å². The number of benzene rings is 1. The van der Waals surface area contributed by atoms with Gasteiger partial charge in [0, 0.05) is 18.7 Å². The van der Waals surface area contributed by atoms with Crippen LogP contribution in [0.4, 0.5) is 26.3 Å². The third-order valence-corrected chi connectivity index (χ3v) is 3.60. The topological polar surface area (TPSA) is 24.9 Å². The molecule has 2 aromatic rings. The predicted octanol–water partition coefficient (Wildman–Crippen LogP) is 3.97. The first-order chi connectivity index (χ1) is 9.74. The number of alkyl halides is 3. The lowest BCUT2D eigenvalue weighted by Gasteiger charge is -2.05. The zero-order valence-electron chi connectivity index (χ0n) is 10.5. The molecule has 0 fully saturated rings. The van der Waals surface area contributed by atoms with Gasteiger partial charge in [-0.1, -0.05) is 0 Å². The molecule has 0 unspecified atom stereocenters. The van der Waals surface area contributed by atoms with Gasteiger partial charge < -0.3 is 5.32 Å². The Morgan fingerprint density at radius 2 is 1.71 bits per heavy atom. The molecule has 0 spiro atoms. The normalized spacial score (nSPS) is 12.0. The quantitative estimate of drug-likeness (QED) is 0.864. The van der Waals surface area contributed by atoms with E-state index in [1.165, 1.54) is 7.05 Å². The highest BCUT2D eigenvalue weighted by atomic mass is 32.1. The minimum atomic E-state index is -4.74. The lowest BCUT2D eigenvalue weighted by Crippen LogP contribution is -2.12. The van der Waals surface area contributed by atoms with Gasteiger partial charge in [0.05, 0.1) is 10.4 Å². The highest BCUT2D eigenvalue weighted by molar-refractivity contribution is 7.15. The van der Waals surface area contributed by atoms with Crippen molar-refractivity contribution in [2.45, 2.75) is 12.7 Å². The van der Waals surface area contributed by atoms with E-state index in [2.05, 4.69) is 10.3 Å². The summed E-state index contributed by atoms with van der Waals surface area (Å²) in [5.41, 5.74) is -1.98. The van der Waals surface area contributed by atoms with Crippen molar-refractivity contribution in [2.75, 3.05) is 7.05 Å². The molecule has 0 aliphatic heterocycles. The van der Waals surface area contributed by atoms with Crippen LogP contribution in [0, 0.1) is 17.5 Å². The lowest BCUT2D eigenvalue weighted by atomic mass is 10.2. The molecule has 2 nitrogen and oxygen atoms in total. The molecule has 0 radical (unpaired) electrons. The molecule has 1 heterocycles. The first kappa shape index (κ1) is 15.8. The van der Waals surface area contributed by atoms with E-state index < -0.39 is 39.9 Å². The molecule has 0 amide bonds. The SMILES string of the molecule is CNCc1sc(-c2c(F)cc(F)cc2F)nc1C(F)(F)F. The van der Waals surface area contributed by atoms with E-state index in [4.69, 9.17) is 0 Å². The second-order valence-corrected chi connectivity index (χ2v) is 5.15. The Morgan fingerprint density at radius 1 is 1.14 bits per heavy atom. The van der Waals surface area contributed by atoms with Gasteiger partial charge in [-0.05, 0) is 7.05 Å². The molecule has 0 atom stereocenters. The van der Waals surface area contributed by atoms with Crippen LogP contribution < -0.4 is 5.32 Å². The largest absolute Gasteiger partial charge is 0.434 e. The van der Waals surface area contributed by atoms with Crippen LogP contribution in [0.3, 0.4) is 0 Å². The number of hydrogen-bond donors (Lipinski definition) is 1. The van der Waals surface area contributed by atoms with Gasteiger partial charge in [0.15, 0.2) is 5.69 Å². The second-order valence-electron chi connectivity index (χ2n) is 4.06. The van der Waals surface area contributed by atoms with Crippen LogP contribution in [0.1, 0.15) is 10.6 Å². The molecule has 21 heavy (non-hydrogen) atoms. The van der Waals surface area contributed by atoms with Crippen molar-refractivity contribution in [1.82, 2.24) is 10.3 Å². The Hall–Kier alpha value is -1.61. The third kappa shape index (κ3) is 3.18. The summed E-state index contributed by atoms with van der Waals surface area (Å²) < 4.78 is 78.6. The lowest BCUT2D eigenvalue weighted by molar-refractivity contribution is -0.141. The fraction of sp³-hybridized carbons (Fsp3) is 0.250. The van der Waals surface area contributed by atoms with Crippen LogP contribution in [-0.2, 0) is 12.7 Å². The Morgan fingerprint density at radius 3 is 2.19 bits per heavy atom. The van der Waals surface area contributed by atoms with Crippen molar-refractivity contribution in [3.05, 3.63) is 40.2 Å². The van der Waals surface area contributed by atoms with Crippen LogP contribution in [-0.4, -0.2) is 12.0 Å². The fourth-order valence-electron chi connectivity index (χ4n) is 1.71. The maximum atomic E-state index is 13.6. The molecule has 0 bridgehead atoms. The van der Waals surface area contributed by atoms with E-state index in [0.29, 0.717) is 23.5 Å². The Kier molecular flexibility index (Phi) is 4.24. The number of thiazole rings is 1. The van der Waals surface area contributed by atoms with E-state index >= 15 is 0 Å². The Bertz CT molecular complexity index is 641. The van der Waals surface area contributed by atoms with Crippen molar-refractivity contribution in [2.24, 2.45) is 0 Å². The van der Waals surface area contributed by atoms with Crippen LogP contribution in [0.25, 0.3) is 10.6 Å². The zero-order chi connectivity index (χ0) is 15.8. The summed E-state index contributed by atoms with van der Waals surface area (Å²) >= 11 is 0.502. The van der Waals surface area contributed by atoms with Crippen molar-refractivity contribution in [3.8, 4) is 10.6 Å². The average molecular weight is 326 g/mol. The molecule has 9 heteroatoms. The maximum absolute atomic E-state index is 13.6. The number of rotatable bonds is 3. The second kappa shape index (κ2) is 5.64. The van der Waals surface area contributed by atoms with Crippen LogP contribution in [0.5, 0.6) is 0 Å². The Labute approximate surface area is 119 Å². The smallest absolute Gasteiger partial charge is 0.315 e. The number of halogens is 6. The van der Waals surface area contributed by atoms with Gasteiger partial charge >= 0.3 is 6.18 Å². The van der Waals surface area contributed by atoms with Crippen molar-refractivity contribution < 1.29 is 26.3 Å². The fourth-order valence-corrected chi connectivity index (χ4v) is 2.85. The van der Waals surface area contributed by atoms with E-state index in [1.54, 1.807) is 0 Å². The van der Waals surface area contributed by atoms with Crippen LogP contribution in [0.15, 0.2) is 12.1 Å². The van der Waals surface area contributed by atoms with Crippen molar-refractivity contribution in [1.29, 1.82) is 0 Å². The number of hydrogen-bond acceptors (Lipinski definition) is 3. The minimum Gasteiger partial charge on any atom is -0.315 e. The van der Waals surface area contributed by atoms with Crippen molar-refractivity contribution >= 4 is 11.3 Å². The monoisotopic (exact) mass is 326 g/mol. The molecule has 0 saturated carbocycles. The summed E-state index contributed by atoms with van der Waals surface area (Å²) in [5, 5.41) is 2.04. The number of nitrogens with one attached hydrogen (secondary N) is 1. The zero-order valence-corrected chi connectivity index (χ0v) is 11.3. The van der Waals surface area contributed by atoms with Gasteiger partial charge in [-0.25, -0.2) is 18.2 Å².